The van der Waals surface area contributed by atoms with E-state index in [2.05, 4.69) is 9.97 Å². The molecule has 1 aliphatic carbocycles. The monoisotopic (exact) mass is 457 g/mol. The maximum absolute atomic E-state index is 13.5. The second kappa shape index (κ2) is 9.64. The van der Waals surface area contributed by atoms with Gasteiger partial charge in [-0.1, -0.05) is 23.8 Å². The summed E-state index contributed by atoms with van der Waals surface area (Å²) >= 11 is 8.90. The second-order valence-electron chi connectivity index (χ2n) is 6.36. The van der Waals surface area contributed by atoms with E-state index < -0.39 is 0 Å². The van der Waals surface area contributed by atoms with Crippen LogP contribution < -0.4 is 0 Å². The van der Waals surface area contributed by atoms with Gasteiger partial charge in [0.15, 0.2) is 5.09 Å². The van der Waals surface area contributed by atoms with Crippen molar-refractivity contribution >= 4 is 35.1 Å². The summed E-state index contributed by atoms with van der Waals surface area (Å²) < 4.78 is 19.5. The molecule has 0 fully saturated rings. The first-order valence-corrected chi connectivity index (χ1v) is 11.5. The zero-order valence-corrected chi connectivity index (χ0v) is 18.4. The van der Waals surface area contributed by atoms with Crippen LogP contribution in [0.3, 0.4) is 0 Å². The number of halogens is 2. The first kappa shape index (κ1) is 20.9. The Balaban J connectivity index is 1.66. The van der Waals surface area contributed by atoms with Gasteiger partial charge >= 0.3 is 0 Å². The average Bonchev–Trinajstić information content (AvgIpc) is 3.03. The molecule has 3 aromatic rings. The average molecular weight is 458 g/mol. The molecule has 0 aromatic carbocycles. The molecule has 0 unspecified atom stereocenters. The molecular formula is C22H17ClFN3OS2. The third-order valence-electron chi connectivity index (χ3n) is 4.26. The molecule has 0 radical (unpaired) electrons. The maximum atomic E-state index is 13.5. The van der Waals surface area contributed by atoms with Gasteiger partial charge in [0, 0.05) is 24.4 Å². The second-order valence-corrected chi connectivity index (χ2v) is 8.62. The van der Waals surface area contributed by atoms with Crippen molar-refractivity contribution in [1.82, 2.24) is 15.0 Å². The number of rotatable bonds is 6. The molecular weight excluding hydrogens is 441 g/mol. The van der Waals surface area contributed by atoms with Gasteiger partial charge in [0.2, 0.25) is 5.89 Å². The minimum atomic E-state index is -0.237. The summed E-state index contributed by atoms with van der Waals surface area (Å²) in [7, 11) is 0. The van der Waals surface area contributed by atoms with Crippen LogP contribution in [0.4, 0.5) is 4.39 Å². The van der Waals surface area contributed by atoms with E-state index >= 15 is 0 Å². The summed E-state index contributed by atoms with van der Waals surface area (Å²) in [5, 5.41) is 2.87. The summed E-state index contributed by atoms with van der Waals surface area (Å²) in [6, 6.07) is 7.54. The van der Waals surface area contributed by atoms with Crippen molar-refractivity contribution in [3.63, 3.8) is 0 Å². The van der Waals surface area contributed by atoms with Gasteiger partial charge in [-0.2, -0.15) is 0 Å². The maximum Gasteiger partial charge on any atom is 0.200 e. The first-order chi connectivity index (χ1) is 14.6. The lowest BCUT2D eigenvalue weighted by atomic mass is 10.1. The number of oxazole rings is 1. The van der Waals surface area contributed by atoms with Gasteiger partial charge in [0.05, 0.1) is 10.0 Å². The van der Waals surface area contributed by atoms with Crippen molar-refractivity contribution in [3.8, 4) is 11.3 Å². The fourth-order valence-electron chi connectivity index (χ4n) is 2.79. The Labute approximate surface area is 187 Å². The predicted molar refractivity (Wildman–Crippen MR) is 120 cm³/mol. The van der Waals surface area contributed by atoms with Gasteiger partial charge in [-0.05, 0) is 66.4 Å². The normalized spacial score (nSPS) is 13.7. The van der Waals surface area contributed by atoms with E-state index in [0.29, 0.717) is 34.5 Å². The van der Waals surface area contributed by atoms with Gasteiger partial charge in [0.1, 0.15) is 16.5 Å². The summed E-state index contributed by atoms with van der Waals surface area (Å²) in [5.74, 6) is 0.313. The van der Waals surface area contributed by atoms with Gasteiger partial charge in [-0.3, -0.25) is 0 Å². The van der Waals surface area contributed by atoms with Crippen LogP contribution in [-0.2, 0) is 6.42 Å². The zero-order valence-electron chi connectivity index (χ0n) is 16.0. The fraction of sp³-hybridized carbons (Fsp3) is 0.136. The highest BCUT2D eigenvalue weighted by atomic mass is 35.5. The molecule has 4 rings (SSSR count). The largest absolute Gasteiger partial charge is 0.433 e. The minimum absolute atomic E-state index is 0.237. The lowest BCUT2D eigenvalue weighted by Gasteiger charge is -2.02. The highest BCUT2D eigenvalue weighted by Crippen LogP contribution is 2.36. The number of hydrogen-bond donors (Lipinski definition) is 0. The van der Waals surface area contributed by atoms with Crippen LogP contribution in [0.5, 0.6) is 0 Å². The predicted octanol–water partition coefficient (Wildman–Crippen LogP) is 6.94. The van der Waals surface area contributed by atoms with Crippen molar-refractivity contribution < 1.29 is 8.81 Å². The van der Waals surface area contributed by atoms with E-state index in [-0.39, 0.29) is 5.83 Å². The Bertz CT molecular complexity index is 1120. The lowest BCUT2D eigenvalue weighted by molar-refractivity contribution is 0.432. The van der Waals surface area contributed by atoms with E-state index in [1.54, 1.807) is 36.3 Å². The van der Waals surface area contributed by atoms with Crippen LogP contribution in [-0.4, -0.2) is 21.2 Å². The summed E-state index contributed by atoms with van der Waals surface area (Å²) in [4.78, 5) is 13.5. The highest BCUT2D eigenvalue weighted by Gasteiger charge is 2.18. The third kappa shape index (κ3) is 5.22. The zero-order chi connectivity index (χ0) is 20.9. The van der Waals surface area contributed by atoms with E-state index in [9.17, 15) is 4.39 Å². The summed E-state index contributed by atoms with van der Waals surface area (Å²) in [6.45, 7) is 0. The molecule has 0 amide bonds. The Hall–Kier alpha value is -2.35. The van der Waals surface area contributed by atoms with Crippen LogP contribution in [0.15, 0.2) is 91.9 Å². The SMILES string of the molecule is CSc1ccc(-c2nc(CC3=CCC=C(F)C=C3)oc2Sc2ccc(Cl)cn2)cn1. The van der Waals surface area contributed by atoms with Gasteiger partial charge < -0.3 is 4.42 Å². The standard InChI is InChI=1S/C22H17ClFN3OS2/c1-29-19-9-6-15(12-25-19)21-22(30-20-10-7-16(23)13-26-20)28-18(27-21)11-14-3-2-4-17(24)8-5-14/h3-10,12-13H,2,11H2,1H3. The Morgan fingerprint density at radius 1 is 1.07 bits per heavy atom. The number of hydrogen-bond acceptors (Lipinski definition) is 6. The smallest absolute Gasteiger partial charge is 0.200 e. The molecule has 0 saturated heterocycles. The molecule has 4 nitrogen and oxygen atoms in total. The van der Waals surface area contributed by atoms with Gasteiger partial charge in [0.25, 0.3) is 0 Å². The van der Waals surface area contributed by atoms with Crippen LogP contribution in [0.25, 0.3) is 11.3 Å². The van der Waals surface area contributed by atoms with E-state index in [1.807, 2.05) is 30.5 Å². The Morgan fingerprint density at radius 2 is 1.90 bits per heavy atom. The van der Waals surface area contributed by atoms with Crippen LogP contribution >= 0.6 is 35.1 Å². The van der Waals surface area contributed by atoms with Crippen molar-refractivity contribution in [2.24, 2.45) is 0 Å². The van der Waals surface area contributed by atoms with Crippen molar-refractivity contribution in [2.45, 2.75) is 28.0 Å². The number of thioether (sulfide) groups is 1. The van der Waals surface area contributed by atoms with E-state index in [1.165, 1.54) is 23.9 Å². The van der Waals surface area contributed by atoms with E-state index in [4.69, 9.17) is 21.0 Å². The molecule has 0 saturated carbocycles. The topological polar surface area (TPSA) is 51.8 Å². The van der Waals surface area contributed by atoms with Crippen LogP contribution in [0.2, 0.25) is 5.02 Å². The molecule has 8 heteroatoms. The molecule has 0 aliphatic heterocycles. The highest BCUT2D eigenvalue weighted by molar-refractivity contribution is 7.99. The lowest BCUT2D eigenvalue weighted by Crippen LogP contribution is -1.89. The third-order valence-corrected chi connectivity index (χ3v) is 6.06. The van der Waals surface area contributed by atoms with Crippen LogP contribution in [0, 0.1) is 0 Å². The number of pyridine rings is 2. The number of allylic oxidation sites excluding steroid dienone is 6. The molecule has 30 heavy (non-hydrogen) atoms. The van der Waals surface area contributed by atoms with Crippen molar-refractivity contribution in [2.75, 3.05) is 6.26 Å². The molecule has 0 N–H and O–H groups in total. The summed E-state index contributed by atoms with van der Waals surface area (Å²) in [6.07, 6.45) is 13.1. The van der Waals surface area contributed by atoms with Crippen LogP contribution in [0.1, 0.15) is 12.3 Å². The number of nitrogens with zero attached hydrogens (tertiary/aromatic N) is 3. The first-order valence-electron chi connectivity index (χ1n) is 9.13. The minimum Gasteiger partial charge on any atom is -0.433 e. The van der Waals surface area contributed by atoms with Crippen molar-refractivity contribution in [3.05, 3.63) is 83.3 Å². The molecule has 3 aromatic heterocycles. The van der Waals surface area contributed by atoms with Gasteiger partial charge in [-0.25, -0.2) is 19.3 Å². The van der Waals surface area contributed by atoms with Gasteiger partial charge in [-0.15, -0.1) is 11.8 Å². The Kier molecular flexibility index (Phi) is 6.72. The molecule has 0 atom stereocenters. The molecule has 0 spiro atoms. The fourth-order valence-corrected chi connectivity index (χ4v) is 4.09. The number of aromatic nitrogens is 3. The molecule has 152 valence electrons. The van der Waals surface area contributed by atoms with Crippen molar-refractivity contribution in [1.29, 1.82) is 0 Å². The quantitative estimate of drug-likeness (QED) is 0.373. The van der Waals surface area contributed by atoms with E-state index in [0.717, 1.165) is 21.2 Å². The Morgan fingerprint density at radius 3 is 2.63 bits per heavy atom. The molecule has 0 bridgehead atoms. The summed E-state index contributed by atoms with van der Waals surface area (Å²) in [5.41, 5.74) is 2.51. The molecule has 1 aliphatic rings. The molecule has 3 heterocycles.